The Bertz CT molecular complexity index is 1040. The number of para-hydroxylation sites is 1. The predicted octanol–water partition coefficient (Wildman–Crippen LogP) is 2.04. The predicted molar refractivity (Wildman–Crippen MR) is 102 cm³/mol. The van der Waals surface area contributed by atoms with Gasteiger partial charge in [0.25, 0.3) is 5.56 Å². The van der Waals surface area contributed by atoms with Crippen molar-refractivity contribution >= 4 is 16.8 Å². The third-order valence-corrected chi connectivity index (χ3v) is 4.32. The smallest absolute Gasteiger partial charge is 0.261 e. The van der Waals surface area contributed by atoms with Gasteiger partial charge in [-0.1, -0.05) is 12.1 Å². The Morgan fingerprint density at radius 3 is 2.67 bits per heavy atom. The lowest BCUT2D eigenvalue weighted by Crippen LogP contribution is -2.33. The number of aryl methyl sites for hydroxylation is 1. The van der Waals surface area contributed by atoms with Crippen LogP contribution < -0.4 is 20.3 Å². The fourth-order valence-corrected chi connectivity index (χ4v) is 2.88. The summed E-state index contributed by atoms with van der Waals surface area (Å²) in [5.74, 6) is 1.53. The summed E-state index contributed by atoms with van der Waals surface area (Å²) in [6, 6.07) is 12.5. The minimum atomic E-state index is -0.290. The number of aromatic nitrogens is 2. The number of amides is 1. The molecule has 0 saturated carbocycles. The van der Waals surface area contributed by atoms with Crippen molar-refractivity contribution in [3.05, 3.63) is 64.2 Å². The molecule has 0 atom stereocenters. The van der Waals surface area contributed by atoms with Crippen LogP contribution in [0, 0.1) is 6.92 Å². The number of nitrogens with zero attached hydrogens (tertiary/aromatic N) is 2. The monoisotopic (exact) mass is 367 g/mol. The van der Waals surface area contributed by atoms with E-state index in [0.29, 0.717) is 28.2 Å². The highest BCUT2D eigenvalue weighted by atomic mass is 16.5. The first-order chi connectivity index (χ1) is 13.0. The fourth-order valence-electron chi connectivity index (χ4n) is 2.88. The van der Waals surface area contributed by atoms with Crippen LogP contribution in [0.4, 0.5) is 0 Å². The van der Waals surface area contributed by atoms with E-state index in [2.05, 4.69) is 10.3 Å². The van der Waals surface area contributed by atoms with Gasteiger partial charge in [0.2, 0.25) is 5.91 Å². The number of fused-ring (bicyclic) bond motifs is 1. The Hall–Kier alpha value is -3.35. The second-order valence-corrected chi connectivity index (χ2v) is 6.02. The third-order valence-electron chi connectivity index (χ3n) is 4.32. The van der Waals surface area contributed by atoms with E-state index in [1.165, 1.54) is 4.57 Å². The Morgan fingerprint density at radius 2 is 1.93 bits per heavy atom. The molecular formula is C20H21N3O4. The second-order valence-electron chi connectivity index (χ2n) is 6.02. The van der Waals surface area contributed by atoms with Gasteiger partial charge < -0.3 is 14.8 Å². The van der Waals surface area contributed by atoms with Gasteiger partial charge in [-0.25, -0.2) is 4.98 Å². The lowest BCUT2D eigenvalue weighted by molar-refractivity contribution is -0.121. The highest BCUT2D eigenvalue weighted by Crippen LogP contribution is 2.23. The molecule has 0 aliphatic rings. The summed E-state index contributed by atoms with van der Waals surface area (Å²) in [4.78, 5) is 29.5. The number of hydrogen-bond donors (Lipinski definition) is 1. The van der Waals surface area contributed by atoms with Gasteiger partial charge in [0.15, 0.2) is 0 Å². The largest absolute Gasteiger partial charge is 0.497 e. The molecule has 3 aromatic rings. The molecule has 7 nitrogen and oxygen atoms in total. The average molecular weight is 367 g/mol. The molecule has 7 heteroatoms. The molecule has 0 aliphatic carbocycles. The molecule has 27 heavy (non-hydrogen) atoms. The van der Waals surface area contributed by atoms with Crippen molar-refractivity contribution in [2.75, 3.05) is 14.2 Å². The molecule has 3 rings (SSSR count). The van der Waals surface area contributed by atoms with Crippen LogP contribution >= 0.6 is 0 Å². The van der Waals surface area contributed by atoms with Gasteiger partial charge in [0, 0.05) is 12.1 Å². The van der Waals surface area contributed by atoms with Crippen LogP contribution in [-0.4, -0.2) is 29.7 Å². The van der Waals surface area contributed by atoms with Crippen molar-refractivity contribution in [2.24, 2.45) is 0 Å². The molecule has 0 radical (unpaired) electrons. The van der Waals surface area contributed by atoms with Crippen molar-refractivity contribution < 1.29 is 14.3 Å². The summed E-state index contributed by atoms with van der Waals surface area (Å²) in [5.41, 5.74) is 1.18. The van der Waals surface area contributed by atoms with Crippen LogP contribution in [0.5, 0.6) is 11.5 Å². The molecular weight excluding hydrogens is 346 g/mol. The van der Waals surface area contributed by atoms with E-state index in [0.717, 1.165) is 5.56 Å². The lowest BCUT2D eigenvalue weighted by atomic mass is 10.2. The van der Waals surface area contributed by atoms with Crippen LogP contribution in [-0.2, 0) is 17.9 Å². The van der Waals surface area contributed by atoms with E-state index >= 15 is 0 Å². The maximum absolute atomic E-state index is 12.6. The van der Waals surface area contributed by atoms with Crippen LogP contribution in [0.1, 0.15) is 11.4 Å². The molecule has 1 aromatic heterocycles. The summed E-state index contributed by atoms with van der Waals surface area (Å²) in [6.07, 6.45) is 0. The molecule has 0 saturated heterocycles. The molecule has 0 fully saturated rings. The van der Waals surface area contributed by atoms with Gasteiger partial charge in [-0.05, 0) is 37.3 Å². The normalized spacial score (nSPS) is 10.6. The molecule has 0 unspecified atom stereocenters. The topological polar surface area (TPSA) is 82.4 Å². The SMILES string of the molecule is COc1ccc(OC)c(CNC(=O)Cn2c(C)nc3ccccc3c2=O)c1. The average Bonchev–Trinajstić information content (AvgIpc) is 2.69. The first kappa shape index (κ1) is 18.4. The zero-order valence-electron chi connectivity index (χ0n) is 15.5. The van der Waals surface area contributed by atoms with E-state index in [9.17, 15) is 9.59 Å². The summed E-state index contributed by atoms with van der Waals surface area (Å²) < 4.78 is 11.9. The van der Waals surface area contributed by atoms with Crippen LogP contribution in [0.15, 0.2) is 47.3 Å². The van der Waals surface area contributed by atoms with Gasteiger partial charge in [-0.3, -0.25) is 14.2 Å². The molecule has 1 N–H and O–H groups in total. The Balaban J connectivity index is 1.77. The number of nitrogens with one attached hydrogen (secondary N) is 1. The van der Waals surface area contributed by atoms with Crippen molar-refractivity contribution in [2.45, 2.75) is 20.0 Å². The first-order valence-corrected chi connectivity index (χ1v) is 8.47. The molecule has 0 spiro atoms. The Labute approximate surface area is 156 Å². The molecule has 1 amide bonds. The summed E-state index contributed by atoms with van der Waals surface area (Å²) in [6.45, 7) is 1.87. The number of ether oxygens (including phenoxy) is 2. The van der Waals surface area contributed by atoms with Crippen LogP contribution in [0.25, 0.3) is 10.9 Å². The van der Waals surface area contributed by atoms with Gasteiger partial charge in [-0.2, -0.15) is 0 Å². The Kier molecular flexibility index (Phi) is 5.40. The minimum absolute atomic E-state index is 0.102. The van der Waals surface area contributed by atoms with Gasteiger partial charge in [0.1, 0.15) is 23.9 Å². The maximum Gasteiger partial charge on any atom is 0.261 e. The van der Waals surface area contributed by atoms with E-state index < -0.39 is 0 Å². The summed E-state index contributed by atoms with van der Waals surface area (Å²) in [5, 5.41) is 3.31. The van der Waals surface area contributed by atoms with E-state index in [4.69, 9.17) is 9.47 Å². The summed E-state index contributed by atoms with van der Waals surface area (Å²) >= 11 is 0. The standard InChI is InChI=1S/C20H21N3O4/c1-13-22-17-7-5-4-6-16(17)20(25)23(13)12-19(24)21-11-14-10-15(26-2)8-9-18(14)27-3/h4-10H,11-12H2,1-3H3,(H,21,24). The quantitative estimate of drug-likeness (QED) is 0.721. The van der Waals surface area contributed by atoms with Gasteiger partial charge in [0.05, 0.1) is 25.1 Å². The molecule has 1 heterocycles. The molecule has 2 aromatic carbocycles. The van der Waals surface area contributed by atoms with Crippen LogP contribution in [0.2, 0.25) is 0 Å². The molecule has 0 aliphatic heterocycles. The van der Waals surface area contributed by atoms with Crippen molar-refractivity contribution in [1.82, 2.24) is 14.9 Å². The van der Waals surface area contributed by atoms with Gasteiger partial charge in [-0.15, -0.1) is 0 Å². The second kappa shape index (κ2) is 7.90. The highest BCUT2D eigenvalue weighted by molar-refractivity contribution is 5.79. The zero-order chi connectivity index (χ0) is 19.4. The molecule has 0 bridgehead atoms. The zero-order valence-corrected chi connectivity index (χ0v) is 15.5. The minimum Gasteiger partial charge on any atom is -0.497 e. The first-order valence-electron chi connectivity index (χ1n) is 8.47. The van der Waals surface area contributed by atoms with E-state index in [-0.39, 0.29) is 24.6 Å². The fraction of sp³-hybridized carbons (Fsp3) is 0.250. The van der Waals surface area contributed by atoms with Gasteiger partial charge >= 0.3 is 0 Å². The van der Waals surface area contributed by atoms with Crippen molar-refractivity contribution in [1.29, 1.82) is 0 Å². The van der Waals surface area contributed by atoms with E-state index in [1.54, 1.807) is 57.5 Å². The highest BCUT2D eigenvalue weighted by Gasteiger charge is 2.12. The van der Waals surface area contributed by atoms with E-state index in [1.807, 2.05) is 6.07 Å². The number of carbonyl (C=O) groups excluding carboxylic acids is 1. The summed E-state index contributed by atoms with van der Waals surface area (Å²) in [7, 11) is 3.14. The van der Waals surface area contributed by atoms with Crippen molar-refractivity contribution in [3.63, 3.8) is 0 Å². The Morgan fingerprint density at radius 1 is 1.15 bits per heavy atom. The van der Waals surface area contributed by atoms with Crippen LogP contribution in [0.3, 0.4) is 0 Å². The number of rotatable bonds is 6. The third kappa shape index (κ3) is 3.92. The van der Waals surface area contributed by atoms with Crippen molar-refractivity contribution in [3.8, 4) is 11.5 Å². The number of methoxy groups -OCH3 is 2. The lowest BCUT2D eigenvalue weighted by Gasteiger charge is -2.13. The maximum atomic E-state index is 12.6. The number of benzene rings is 2. The number of carbonyl (C=O) groups is 1. The molecule has 140 valence electrons. The number of hydrogen-bond acceptors (Lipinski definition) is 5.